The SMILES string of the molecule is O=C1CNc2ncc(C(=O)N3CCCCC3CN3CCCC3)cc2N1Cc1cscn1. The van der Waals surface area contributed by atoms with E-state index in [0.717, 1.165) is 44.7 Å². The molecule has 2 fully saturated rings. The molecule has 31 heavy (non-hydrogen) atoms. The van der Waals surface area contributed by atoms with Gasteiger partial charge >= 0.3 is 0 Å². The number of piperidine rings is 1. The van der Waals surface area contributed by atoms with E-state index in [-0.39, 0.29) is 24.4 Å². The van der Waals surface area contributed by atoms with Crippen molar-refractivity contribution in [3.05, 3.63) is 34.4 Å². The highest BCUT2D eigenvalue weighted by Gasteiger charge is 2.32. The zero-order valence-electron chi connectivity index (χ0n) is 17.6. The summed E-state index contributed by atoms with van der Waals surface area (Å²) < 4.78 is 0. The number of pyridine rings is 1. The van der Waals surface area contributed by atoms with Gasteiger partial charge in [-0.2, -0.15) is 0 Å². The highest BCUT2D eigenvalue weighted by atomic mass is 32.1. The molecule has 1 N–H and O–H groups in total. The minimum absolute atomic E-state index is 0.0193. The Morgan fingerprint density at radius 2 is 2.00 bits per heavy atom. The largest absolute Gasteiger partial charge is 0.359 e. The predicted molar refractivity (Wildman–Crippen MR) is 120 cm³/mol. The van der Waals surface area contributed by atoms with E-state index in [1.54, 1.807) is 16.6 Å². The van der Waals surface area contributed by atoms with E-state index < -0.39 is 0 Å². The maximum atomic E-state index is 13.5. The van der Waals surface area contributed by atoms with Crippen molar-refractivity contribution in [1.82, 2.24) is 19.8 Å². The van der Waals surface area contributed by atoms with Crippen LogP contribution in [0.3, 0.4) is 0 Å². The number of anilines is 2. The predicted octanol–water partition coefficient (Wildman–Crippen LogP) is 2.59. The van der Waals surface area contributed by atoms with Crippen molar-refractivity contribution >= 4 is 34.7 Å². The Kier molecular flexibility index (Phi) is 5.87. The molecular weight excluding hydrogens is 412 g/mol. The third-order valence-electron chi connectivity index (χ3n) is 6.47. The van der Waals surface area contributed by atoms with Crippen LogP contribution in [0.5, 0.6) is 0 Å². The van der Waals surface area contributed by atoms with Gasteiger partial charge in [0.25, 0.3) is 5.91 Å². The fraction of sp³-hybridized carbons (Fsp3) is 0.545. The number of amides is 2. The van der Waals surface area contributed by atoms with Gasteiger partial charge in [-0.25, -0.2) is 9.97 Å². The summed E-state index contributed by atoms with van der Waals surface area (Å²) in [5.74, 6) is 0.612. The first kappa shape index (κ1) is 20.4. The molecule has 3 aliphatic heterocycles. The molecule has 1 atom stereocenters. The molecular formula is C22H28N6O2S. The van der Waals surface area contributed by atoms with Crippen LogP contribution >= 0.6 is 11.3 Å². The smallest absolute Gasteiger partial charge is 0.255 e. The Balaban J connectivity index is 1.39. The minimum atomic E-state index is -0.0446. The lowest BCUT2D eigenvalue weighted by molar-refractivity contribution is -0.117. The lowest BCUT2D eigenvalue weighted by Gasteiger charge is -2.38. The molecule has 0 aromatic carbocycles. The zero-order valence-corrected chi connectivity index (χ0v) is 18.4. The average Bonchev–Trinajstić information content (AvgIpc) is 3.50. The summed E-state index contributed by atoms with van der Waals surface area (Å²) in [5.41, 5.74) is 3.80. The Morgan fingerprint density at radius 1 is 1.16 bits per heavy atom. The van der Waals surface area contributed by atoms with Crippen LogP contribution in [0.25, 0.3) is 0 Å². The van der Waals surface area contributed by atoms with Crippen LogP contribution in [0, 0.1) is 0 Å². The van der Waals surface area contributed by atoms with E-state index in [1.165, 1.54) is 30.6 Å². The van der Waals surface area contributed by atoms with Gasteiger partial charge in [-0.05, 0) is 51.3 Å². The van der Waals surface area contributed by atoms with E-state index in [9.17, 15) is 9.59 Å². The van der Waals surface area contributed by atoms with Gasteiger partial charge in [0.15, 0.2) is 5.82 Å². The third-order valence-corrected chi connectivity index (χ3v) is 7.11. The highest BCUT2D eigenvalue weighted by Crippen LogP contribution is 2.31. The highest BCUT2D eigenvalue weighted by molar-refractivity contribution is 7.07. The van der Waals surface area contributed by atoms with Crippen molar-refractivity contribution in [2.24, 2.45) is 0 Å². The van der Waals surface area contributed by atoms with Crippen molar-refractivity contribution in [2.75, 3.05) is 42.9 Å². The molecule has 9 heteroatoms. The van der Waals surface area contributed by atoms with Crippen LogP contribution in [-0.4, -0.2) is 70.3 Å². The summed E-state index contributed by atoms with van der Waals surface area (Å²) in [4.78, 5) is 41.1. The molecule has 0 bridgehead atoms. The molecule has 8 nitrogen and oxygen atoms in total. The maximum Gasteiger partial charge on any atom is 0.255 e. The minimum Gasteiger partial charge on any atom is -0.359 e. The molecule has 5 rings (SSSR count). The molecule has 2 saturated heterocycles. The van der Waals surface area contributed by atoms with Crippen LogP contribution < -0.4 is 10.2 Å². The number of aromatic nitrogens is 2. The van der Waals surface area contributed by atoms with Gasteiger partial charge < -0.3 is 20.0 Å². The molecule has 3 aliphatic rings. The van der Waals surface area contributed by atoms with Crippen molar-refractivity contribution in [3.63, 3.8) is 0 Å². The Labute approximate surface area is 186 Å². The number of fused-ring (bicyclic) bond motifs is 1. The number of carbonyl (C=O) groups excluding carboxylic acids is 2. The summed E-state index contributed by atoms with van der Waals surface area (Å²) in [6, 6.07) is 2.07. The number of rotatable bonds is 5. The molecule has 2 aromatic heterocycles. The molecule has 0 aliphatic carbocycles. The van der Waals surface area contributed by atoms with Gasteiger partial charge in [0.05, 0.1) is 35.5 Å². The van der Waals surface area contributed by atoms with E-state index >= 15 is 0 Å². The summed E-state index contributed by atoms with van der Waals surface area (Å²) in [6.07, 6.45) is 7.42. The number of nitrogens with zero attached hydrogens (tertiary/aromatic N) is 5. The van der Waals surface area contributed by atoms with Gasteiger partial charge in [0.2, 0.25) is 5.91 Å². The number of nitrogens with one attached hydrogen (secondary N) is 1. The third kappa shape index (κ3) is 4.29. The Morgan fingerprint density at radius 3 is 2.81 bits per heavy atom. The lowest BCUT2D eigenvalue weighted by atomic mass is 10.00. The fourth-order valence-corrected chi connectivity index (χ4v) is 5.39. The second-order valence-electron chi connectivity index (χ2n) is 8.56. The van der Waals surface area contributed by atoms with Gasteiger partial charge in [0.1, 0.15) is 0 Å². The first-order valence-electron chi connectivity index (χ1n) is 11.1. The molecule has 0 saturated carbocycles. The molecule has 5 heterocycles. The van der Waals surface area contributed by atoms with Crippen LogP contribution in [0.2, 0.25) is 0 Å². The summed E-state index contributed by atoms with van der Waals surface area (Å²) in [7, 11) is 0. The summed E-state index contributed by atoms with van der Waals surface area (Å²) in [5, 5.41) is 5.01. The molecule has 1 unspecified atom stereocenters. The second kappa shape index (κ2) is 8.92. The fourth-order valence-electron chi connectivity index (χ4n) is 4.84. The number of thiazole rings is 1. The van der Waals surface area contributed by atoms with E-state index in [0.29, 0.717) is 23.6 Å². The van der Waals surface area contributed by atoms with Gasteiger partial charge in [-0.3, -0.25) is 9.59 Å². The first-order chi connectivity index (χ1) is 15.2. The van der Waals surface area contributed by atoms with Gasteiger partial charge in [-0.15, -0.1) is 11.3 Å². The first-order valence-corrected chi connectivity index (χ1v) is 12.1. The number of likely N-dealkylation sites (tertiary alicyclic amines) is 2. The Hall–Kier alpha value is -2.52. The number of hydrogen-bond acceptors (Lipinski definition) is 7. The normalized spacial score (nSPS) is 21.8. The molecule has 164 valence electrons. The quantitative estimate of drug-likeness (QED) is 0.770. The van der Waals surface area contributed by atoms with E-state index in [2.05, 4.69) is 20.2 Å². The number of hydrogen-bond donors (Lipinski definition) is 1. The van der Waals surface area contributed by atoms with Gasteiger partial charge in [0, 0.05) is 30.7 Å². The van der Waals surface area contributed by atoms with Crippen LogP contribution in [-0.2, 0) is 11.3 Å². The van der Waals surface area contributed by atoms with Crippen molar-refractivity contribution in [3.8, 4) is 0 Å². The van der Waals surface area contributed by atoms with Crippen LogP contribution in [0.15, 0.2) is 23.2 Å². The molecule has 2 amide bonds. The molecule has 2 aromatic rings. The van der Waals surface area contributed by atoms with Crippen molar-refractivity contribution in [2.45, 2.75) is 44.7 Å². The van der Waals surface area contributed by atoms with Crippen LogP contribution in [0.4, 0.5) is 11.5 Å². The van der Waals surface area contributed by atoms with Crippen molar-refractivity contribution in [1.29, 1.82) is 0 Å². The number of carbonyl (C=O) groups is 2. The van der Waals surface area contributed by atoms with E-state index in [4.69, 9.17) is 0 Å². The average molecular weight is 441 g/mol. The molecule has 0 spiro atoms. The van der Waals surface area contributed by atoms with E-state index in [1.807, 2.05) is 16.3 Å². The summed E-state index contributed by atoms with van der Waals surface area (Å²) in [6.45, 7) is 4.60. The monoisotopic (exact) mass is 440 g/mol. The topological polar surface area (TPSA) is 81.7 Å². The van der Waals surface area contributed by atoms with Crippen LogP contribution in [0.1, 0.15) is 48.2 Å². The van der Waals surface area contributed by atoms with Gasteiger partial charge in [-0.1, -0.05) is 0 Å². The summed E-state index contributed by atoms with van der Waals surface area (Å²) >= 11 is 1.51. The second-order valence-corrected chi connectivity index (χ2v) is 9.28. The molecule has 0 radical (unpaired) electrons. The lowest BCUT2D eigenvalue weighted by Crippen LogP contribution is -2.49. The Bertz CT molecular complexity index is 943. The standard InChI is InChI=1S/C22H28N6O2S/c29-20-11-24-21-19(28(20)12-17-14-31-15-25-17)9-16(10-23-21)22(30)27-8-2-1-5-18(27)13-26-6-3-4-7-26/h9-10,14-15,18H,1-8,11-13H2,(H,23,24). The van der Waals surface area contributed by atoms with Crippen molar-refractivity contribution < 1.29 is 9.59 Å². The maximum absolute atomic E-state index is 13.5. The zero-order chi connectivity index (χ0) is 21.2.